The number of aromatic nitrogens is 1. The first-order valence-electron chi connectivity index (χ1n) is 5.24. The molecule has 0 saturated carbocycles. The van der Waals surface area contributed by atoms with Crippen LogP contribution in [0, 0.1) is 0 Å². The molecule has 17 heavy (non-hydrogen) atoms. The molecule has 0 bridgehead atoms. The normalized spacial score (nSPS) is 10.2. The number of aromatic hydroxyl groups is 1. The molecule has 0 unspecified atom stereocenters. The predicted octanol–water partition coefficient (Wildman–Crippen LogP) is 2.19. The van der Waals surface area contributed by atoms with Crippen LogP contribution in [0.1, 0.15) is 23.0 Å². The van der Waals surface area contributed by atoms with Gasteiger partial charge >= 0.3 is 6.01 Å². The Kier molecular flexibility index (Phi) is 3.09. The second kappa shape index (κ2) is 4.69. The molecular formula is C12H12N2O3. The number of nitrogens with one attached hydrogen (secondary N) is 1. The number of carbonyl (C=O) groups is 1. The highest BCUT2D eigenvalue weighted by Gasteiger charge is 2.12. The summed E-state index contributed by atoms with van der Waals surface area (Å²) in [7, 11) is 0. The number of oxazole rings is 1. The fourth-order valence-corrected chi connectivity index (χ4v) is 1.36. The molecule has 0 spiro atoms. The van der Waals surface area contributed by atoms with Crippen molar-refractivity contribution in [1.82, 2.24) is 4.98 Å². The average molecular weight is 232 g/mol. The highest BCUT2D eigenvalue weighted by atomic mass is 16.4. The number of hydrogen-bond donors (Lipinski definition) is 2. The fourth-order valence-electron chi connectivity index (χ4n) is 1.36. The highest BCUT2D eigenvalue weighted by molar-refractivity contribution is 6.05. The number of carbonyl (C=O) groups excluding carboxylic acids is 1. The van der Waals surface area contributed by atoms with Gasteiger partial charge < -0.3 is 9.52 Å². The quantitative estimate of drug-likeness (QED) is 0.850. The number of nitrogens with zero attached hydrogens (tertiary/aromatic N) is 1. The number of hydrogen-bond acceptors (Lipinski definition) is 4. The summed E-state index contributed by atoms with van der Waals surface area (Å²) in [6.07, 6.45) is 2.22. The molecule has 0 fully saturated rings. The van der Waals surface area contributed by atoms with Crippen molar-refractivity contribution in [3.63, 3.8) is 0 Å². The number of aryl methyl sites for hydroxylation is 1. The largest absolute Gasteiger partial charge is 0.507 e. The predicted molar refractivity (Wildman–Crippen MR) is 61.9 cm³/mol. The molecule has 1 aromatic heterocycles. The van der Waals surface area contributed by atoms with Crippen LogP contribution in [0.2, 0.25) is 0 Å². The van der Waals surface area contributed by atoms with E-state index >= 15 is 0 Å². The zero-order valence-electron chi connectivity index (χ0n) is 9.30. The van der Waals surface area contributed by atoms with Gasteiger partial charge in [0, 0.05) is 0 Å². The van der Waals surface area contributed by atoms with Crippen molar-refractivity contribution >= 4 is 11.9 Å². The zero-order valence-corrected chi connectivity index (χ0v) is 9.30. The summed E-state index contributed by atoms with van der Waals surface area (Å²) in [4.78, 5) is 15.8. The molecule has 0 atom stereocenters. The third kappa shape index (κ3) is 2.44. The number of rotatable bonds is 3. The molecule has 1 heterocycles. The van der Waals surface area contributed by atoms with Gasteiger partial charge in [0.15, 0.2) is 0 Å². The summed E-state index contributed by atoms with van der Waals surface area (Å²) in [6.45, 7) is 1.94. The Labute approximate surface area is 98.1 Å². The Hall–Kier alpha value is -2.30. The van der Waals surface area contributed by atoms with E-state index in [4.69, 9.17) is 4.42 Å². The second-order valence-electron chi connectivity index (χ2n) is 3.47. The standard InChI is InChI=1S/C12H12N2O3/c1-2-8-7-17-12(13-8)14-11(16)9-5-3-4-6-10(9)15/h3-7,15H,2H2,1H3,(H,13,14,16). The van der Waals surface area contributed by atoms with Crippen molar-refractivity contribution < 1.29 is 14.3 Å². The van der Waals surface area contributed by atoms with Crippen LogP contribution in [0.3, 0.4) is 0 Å². The summed E-state index contributed by atoms with van der Waals surface area (Å²) in [5, 5.41) is 12.0. The first kappa shape index (κ1) is 11.2. The molecule has 0 aliphatic heterocycles. The molecule has 0 saturated heterocycles. The van der Waals surface area contributed by atoms with Gasteiger partial charge in [-0.25, -0.2) is 0 Å². The average Bonchev–Trinajstić information content (AvgIpc) is 2.77. The lowest BCUT2D eigenvalue weighted by Gasteiger charge is -2.02. The number of anilines is 1. The first-order chi connectivity index (χ1) is 8.20. The molecule has 88 valence electrons. The van der Waals surface area contributed by atoms with E-state index in [9.17, 15) is 9.90 Å². The summed E-state index contributed by atoms with van der Waals surface area (Å²) in [5.41, 5.74) is 0.946. The monoisotopic (exact) mass is 232 g/mol. The molecule has 1 aromatic carbocycles. The van der Waals surface area contributed by atoms with E-state index in [0.29, 0.717) is 0 Å². The maximum Gasteiger partial charge on any atom is 0.301 e. The van der Waals surface area contributed by atoms with E-state index in [1.807, 2.05) is 6.92 Å². The van der Waals surface area contributed by atoms with Gasteiger partial charge in [0.25, 0.3) is 5.91 Å². The highest BCUT2D eigenvalue weighted by Crippen LogP contribution is 2.17. The Balaban J connectivity index is 2.14. The van der Waals surface area contributed by atoms with Gasteiger partial charge in [-0.2, -0.15) is 4.98 Å². The summed E-state index contributed by atoms with van der Waals surface area (Å²) < 4.78 is 5.06. The van der Waals surface area contributed by atoms with Crippen molar-refractivity contribution in [1.29, 1.82) is 0 Å². The minimum atomic E-state index is -0.451. The van der Waals surface area contributed by atoms with Gasteiger partial charge in [0.1, 0.15) is 12.0 Å². The molecule has 0 radical (unpaired) electrons. The van der Waals surface area contributed by atoms with E-state index in [0.717, 1.165) is 12.1 Å². The third-order valence-electron chi connectivity index (χ3n) is 2.28. The molecule has 5 heteroatoms. The number of phenols is 1. The molecule has 2 rings (SSSR count). The minimum absolute atomic E-state index is 0.0766. The molecule has 2 aromatic rings. The molecule has 5 nitrogen and oxygen atoms in total. The Morgan fingerprint density at radius 3 is 2.88 bits per heavy atom. The molecule has 2 N–H and O–H groups in total. The van der Waals surface area contributed by atoms with Crippen LogP contribution >= 0.6 is 0 Å². The number of phenolic OH excluding ortho intramolecular Hbond substituents is 1. The van der Waals surface area contributed by atoms with Crippen LogP contribution in [-0.4, -0.2) is 16.0 Å². The van der Waals surface area contributed by atoms with Gasteiger partial charge in [-0.05, 0) is 18.6 Å². The van der Waals surface area contributed by atoms with Crippen LogP contribution in [0.15, 0.2) is 34.9 Å². The van der Waals surface area contributed by atoms with Gasteiger partial charge in [0.05, 0.1) is 11.3 Å². The lowest BCUT2D eigenvalue weighted by atomic mass is 10.2. The SMILES string of the molecule is CCc1coc(NC(=O)c2ccccc2O)n1. The van der Waals surface area contributed by atoms with Crippen LogP contribution in [-0.2, 0) is 6.42 Å². The fraction of sp³-hybridized carbons (Fsp3) is 0.167. The summed E-state index contributed by atoms with van der Waals surface area (Å²) in [5.74, 6) is -0.528. The van der Waals surface area contributed by atoms with Crippen LogP contribution in [0.5, 0.6) is 5.75 Å². The lowest BCUT2D eigenvalue weighted by Crippen LogP contribution is -2.12. The molecule has 0 aliphatic rings. The van der Waals surface area contributed by atoms with E-state index in [1.54, 1.807) is 12.1 Å². The van der Waals surface area contributed by atoms with Crippen LogP contribution in [0.4, 0.5) is 6.01 Å². The van der Waals surface area contributed by atoms with Crippen LogP contribution in [0.25, 0.3) is 0 Å². The number of amides is 1. The lowest BCUT2D eigenvalue weighted by molar-refractivity contribution is 0.102. The maximum absolute atomic E-state index is 11.8. The Bertz CT molecular complexity index is 534. The van der Waals surface area contributed by atoms with Gasteiger partial charge in [0.2, 0.25) is 0 Å². The maximum atomic E-state index is 11.8. The van der Waals surface area contributed by atoms with Gasteiger partial charge in [-0.15, -0.1) is 0 Å². The minimum Gasteiger partial charge on any atom is -0.507 e. The van der Waals surface area contributed by atoms with E-state index in [-0.39, 0.29) is 17.3 Å². The van der Waals surface area contributed by atoms with Crippen molar-refractivity contribution in [2.24, 2.45) is 0 Å². The topological polar surface area (TPSA) is 75.4 Å². The summed E-state index contributed by atoms with van der Waals surface area (Å²) >= 11 is 0. The second-order valence-corrected chi connectivity index (χ2v) is 3.47. The smallest absolute Gasteiger partial charge is 0.301 e. The Morgan fingerprint density at radius 2 is 2.24 bits per heavy atom. The molecular weight excluding hydrogens is 220 g/mol. The van der Waals surface area contributed by atoms with Crippen LogP contribution < -0.4 is 5.32 Å². The number of benzene rings is 1. The van der Waals surface area contributed by atoms with E-state index in [1.165, 1.54) is 18.4 Å². The zero-order chi connectivity index (χ0) is 12.3. The van der Waals surface area contributed by atoms with Crippen molar-refractivity contribution in [3.8, 4) is 5.75 Å². The Morgan fingerprint density at radius 1 is 1.47 bits per heavy atom. The van der Waals surface area contributed by atoms with Crippen molar-refractivity contribution in [2.75, 3.05) is 5.32 Å². The van der Waals surface area contributed by atoms with Crippen molar-refractivity contribution in [3.05, 3.63) is 41.8 Å². The number of para-hydroxylation sites is 1. The molecule has 0 aliphatic carbocycles. The van der Waals surface area contributed by atoms with Gasteiger partial charge in [-0.3, -0.25) is 10.1 Å². The van der Waals surface area contributed by atoms with Gasteiger partial charge in [-0.1, -0.05) is 19.1 Å². The van der Waals surface area contributed by atoms with Crippen molar-refractivity contribution in [2.45, 2.75) is 13.3 Å². The first-order valence-corrected chi connectivity index (χ1v) is 5.24. The van der Waals surface area contributed by atoms with E-state index < -0.39 is 5.91 Å². The van der Waals surface area contributed by atoms with E-state index in [2.05, 4.69) is 10.3 Å². The third-order valence-corrected chi connectivity index (χ3v) is 2.28. The molecule has 1 amide bonds. The summed E-state index contributed by atoms with van der Waals surface area (Å²) in [6, 6.07) is 6.42.